The van der Waals surface area contributed by atoms with Crippen LogP contribution in [0.4, 0.5) is 5.69 Å². The van der Waals surface area contributed by atoms with Crippen LogP contribution in [0.1, 0.15) is 45.6 Å². The highest BCUT2D eigenvalue weighted by Gasteiger charge is 2.30. The van der Waals surface area contributed by atoms with Gasteiger partial charge in [0.05, 0.1) is 5.69 Å². The molecule has 0 saturated heterocycles. The molecule has 112 valence electrons. The molecule has 0 unspecified atom stereocenters. The van der Waals surface area contributed by atoms with E-state index in [4.69, 9.17) is 0 Å². The zero-order valence-electron chi connectivity index (χ0n) is 13.0. The average molecular weight is 339 g/mol. The average Bonchev–Trinajstić information content (AvgIpc) is 3.22. The van der Waals surface area contributed by atoms with Crippen LogP contribution < -0.4 is 10.2 Å². The second kappa shape index (κ2) is 7.46. The monoisotopic (exact) mass is 338 g/mol. The van der Waals surface area contributed by atoms with Crippen LogP contribution >= 0.6 is 15.9 Å². The second-order valence-corrected chi connectivity index (χ2v) is 7.03. The first-order chi connectivity index (χ1) is 9.61. The SMILES string of the molecule is CCNCc1ccc(N(CCC(C)C)C2CC2)c(Br)c1. The smallest absolute Gasteiger partial charge is 0.0513 e. The maximum atomic E-state index is 3.77. The highest BCUT2D eigenvalue weighted by molar-refractivity contribution is 9.10. The van der Waals surface area contributed by atoms with Crippen LogP contribution in [0.3, 0.4) is 0 Å². The van der Waals surface area contributed by atoms with E-state index < -0.39 is 0 Å². The van der Waals surface area contributed by atoms with Crippen LogP contribution in [0.25, 0.3) is 0 Å². The van der Waals surface area contributed by atoms with Gasteiger partial charge in [0.1, 0.15) is 0 Å². The first kappa shape index (κ1) is 15.8. The minimum absolute atomic E-state index is 0.767. The zero-order chi connectivity index (χ0) is 14.5. The Balaban J connectivity index is 2.08. The summed E-state index contributed by atoms with van der Waals surface area (Å²) in [5.74, 6) is 0.767. The Morgan fingerprint density at radius 2 is 2.10 bits per heavy atom. The number of nitrogens with zero attached hydrogens (tertiary/aromatic N) is 1. The van der Waals surface area contributed by atoms with Gasteiger partial charge in [-0.25, -0.2) is 0 Å². The van der Waals surface area contributed by atoms with E-state index in [9.17, 15) is 0 Å². The first-order valence-corrected chi connectivity index (χ1v) is 8.67. The maximum absolute atomic E-state index is 3.77. The molecule has 0 radical (unpaired) electrons. The summed E-state index contributed by atoms with van der Waals surface area (Å²) < 4.78 is 1.24. The molecular weight excluding hydrogens is 312 g/mol. The van der Waals surface area contributed by atoms with E-state index in [0.717, 1.165) is 25.0 Å². The van der Waals surface area contributed by atoms with Gasteiger partial charge >= 0.3 is 0 Å². The lowest BCUT2D eigenvalue weighted by Crippen LogP contribution is -2.28. The van der Waals surface area contributed by atoms with Crippen molar-refractivity contribution in [3.63, 3.8) is 0 Å². The predicted molar refractivity (Wildman–Crippen MR) is 91.3 cm³/mol. The normalized spacial score (nSPS) is 14.8. The molecule has 1 aromatic rings. The largest absolute Gasteiger partial charge is 0.368 e. The number of rotatable bonds is 8. The van der Waals surface area contributed by atoms with Crippen molar-refractivity contribution in [2.24, 2.45) is 5.92 Å². The Morgan fingerprint density at radius 1 is 1.35 bits per heavy atom. The van der Waals surface area contributed by atoms with Crippen molar-refractivity contribution < 1.29 is 0 Å². The minimum atomic E-state index is 0.767. The summed E-state index contributed by atoms with van der Waals surface area (Å²) in [4.78, 5) is 2.60. The summed E-state index contributed by atoms with van der Waals surface area (Å²) in [6.07, 6.45) is 3.97. The van der Waals surface area contributed by atoms with E-state index in [0.29, 0.717) is 0 Å². The quantitative estimate of drug-likeness (QED) is 0.746. The molecule has 1 aliphatic rings. The van der Waals surface area contributed by atoms with Crippen LogP contribution in [0.2, 0.25) is 0 Å². The maximum Gasteiger partial charge on any atom is 0.0513 e. The Morgan fingerprint density at radius 3 is 2.65 bits per heavy atom. The van der Waals surface area contributed by atoms with Crippen LogP contribution in [-0.4, -0.2) is 19.1 Å². The number of anilines is 1. The molecule has 1 saturated carbocycles. The summed E-state index contributed by atoms with van der Waals surface area (Å²) >= 11 is 3.77. The number of hydrogen-bond acceptors (Lipinski definition) is 2. The Kier molecular flexibility index (Phi) is 5.91. The molecule has 0 bridgehead atoms. The molecule has 1 fully saturated rings. The van der Waals surface area contributed by atoms with Crippen molar-refractivity contribution >= 4 is 21.6 Å². The molecule has 2 rings (SSSR count). The van der Waals surface area contributed by atoms with Gasteiger partial charge in [0.2, 0.25) is 0 Å². The molecule has 0 atom stereocenters. The highest BCUT2D eigenvalue weighted by Crippen LogP contribution is 2.36. The van der Waals surface area contributed by atoms with Crippen molar-refractivity contribution in [3.05, 3.63) is 28.2 Å². The minimum Gasteiger partial charge on any atom is -0.368 e. The predicted octanol–water partition coefficient (Wildman–Crippen LogP) is 4.57. The van der Waals surface area contributed by atoms with Gasteiger partial charge in [-0.05, 0) is 65.4 Å². The van der Waals surface area contributed by atoms with Crippen molar-refractivity contribution in [3.8, 4) is 0 Å². The Bertz CT molecular complexity index is 427. The molecule has 0 heterocycles. The van der Waals surface area contributed by atoms with Gasteiger partial charge in [0.15, 0.2) is 0 Å². The fourth-order valence-corrected chi connectivity index (χ4v) is 3.10. The van der Waals surface area contributed by atoms with Crippen molar-refractivity contribution in [2.45, 2.75) is 52.6 Å². The standard InChI is InChI=1S/C17H27BrN2/c1-4-19-12-14-5-8-17(16(18)11-14)20(15-6-7-15)10-9-13(2)3/h5,8,11,13,15,19H,4,6-7,9-10,12H2,1-3H3. The third-order valence-corrected chi connectivity index (χ3v) is 4.47. The number of halogens is 1. The summed E-state index contributed by atoms with van der Waals surface area (Å²) in [6.45, 7) is 9.89. The molecule has 0 aromatic heterocycles. The van der Waals surface area contributed by atoms with Crippen molar-refractivity contribution in [2.75, 3.05) is 18.0 Å². The van der Waals surface area contributed by atoms with Gasteiger partial charge in [-0.15, -0.1) is 0 Å². The topological polar surface area (TPSA) is 15.3 Å². The van der Waals surface area contributed by atoms with Gasteiger partial charge in [0.25, 0.3) is 0 Å². The van der Waals surface area contributed by atoms with Gasteiger partial charge < -0.3 is 10.2 Å². The van der Waals surface area contributed by atoms with Gasteiger partial charge in [-0.3, -0.25) is 0 Å². The highest BCUT2D eigenvalue weighted by atomic mass is 79.9. The van der Waals surface area contributed by atoms with E-state index in [1.165, 1.54) is 41.5 Å². The fraction of sp³-hybridized carbons (Fsp3) is 0.647. The lowest BCUT2D eigenvalue weighted by molar-refractivity contribution is 0.570. The number of benzene rings is 1. The summed E-state index contributed by atoms with van der Waals surface area (Å²) in [5.41, 5.74) is 2.72. The lowest BCUT2D eigenvalue weighted by atomic mass is 10.1. The lowest BCUT2D eigenvalue weighted by Gasteiger charge is -2.27. The molecular formula is C17H27BrN2. The van der Waals surface area contributed by atoms with E-state index in [1.807, 2.05) is 0 Å². The fourth-order valence-electron chi connectivity index (χ4n) is 2.45. The third kappa shape index (κ3) is 4.49. The molecule has 1 N–H and O–H groups in total. The first-order valence-electron chi connectivity index (χ1n) is 7.87. The van der Waals surface area contributed by atoms with Gasteiger partial charge in [-0.1, -0.05) is 26.8 Å². The Labute approximate surface area is 132 Å². The number of nitrogens with one attached hydrogen (secondary N) is 1. The molecule has 0 amide bonds. The molecule has 0 spiro atoms. The van der Waals surface area contributed by atoms with E-state index >= 15 is 0 Å². The molecule has 1 aromatic carbocycles. The molecule has 0 aliphatic heterocycles. The Hall–Kier alpha value is -0.540. The number of hydrogen-bond donors (Lipinski definition) is 1. The zero-order valence-corrected chi connectivity index (χ0v) is 14.5. The van der Waals surface area contributed by atoms with Crippen molar-refractivity contribution in [1.82, 2.24) is 5.32 Å². The molecule has 3 heteroatoms. The van der Waals surface area contributed by atoms with Crippen LogP contribution in [0.5, 0.6) is 0 Å². The molecule has 20 heavy (non-hydrogen) atoms. The molecule has 1 aliphatic carbocycles. The van der Waals surface area contributed by atoms with Crippen LogP contribution in [0.15, 0.2) is 22.7 Å². The summed E-state index contributed by atoms with van der Waals surface area (Å²) in [6, 6.07) is 7.58. The third-order valence-electron chi connectivity index (χ3n) is 3.84. The van der Waals surface area contributed by atoms with Crippen LogP contribution in [-0.2, 0) is 6.54 Å². The van der Waals surface area contributed by atoms with E-state index in [1.54, 1.807) is 0 Å². The van der Waals surface area contributed by atoms with Gasteiger partial charge in [0, 0.05) is 23.6 Å². The van der Waals surface area contributed by atoms with E-state index in [-0.39, 0.29) is 0 Å². The van der Waals surface area contributed by atoms with Crippen LogP contribution in [0, 0.1) is 5.92 Å². The van der Waals surface area contributed by atoms with Crippen molar-refractivity contribution in [1.29, 1.82) is 0 Å². The van der Waals surface area contributed by atoms with E-state index in [2.05, 4.69) is 65.1 Å². The van der Waals surface area contributed by atoms with Gasteiger partial charge in [-0.2, -0.15) is 0 Å². The summed E-state index contributed by atoms with van der Waals surface area (Å²) in [5, 5.41) is 3.38. The second-order valence-electron chi connectivity index (χ2n) is 6.17. The summed E-state index contributed by atoms with van der Waals surface area (Å²) in [7, 11) is 0. The molecule has 2 nitrogen and oxygen atoms in total.